The van der Waals surface area contributed by atoms with E-state index >= 15 is 0 Å². The van der Waals surface area contributed by atoms with E-state index in [1.165, 1.54) is 7.05 Å². The minimum Gasteiger partial charge on any atom is -0.492 e. The number of hydrogen-bond donors (Lipinski definition) is 10. The van der Waals surface area contributed by atoms with Crippen molar-refractivity contribution >= 4 is 41.2 Å². The number of carbonyl (C=O) groups excluding carboxylic acids is 6. The number of hydrazone groups is 1. The van der Waals surface area contributed by atoms with Gasteiger partial charge in [0.25, 0.3) is 0 Å². The molecule has 0 aliphatic carbocycles. The largest absolute Gasteiger partial charge is 0.492 e. The molecule has 53 heavy (non-hydrogen) atoms. The Labute approximate surface area is 306 Å². The van der Waals surface area contributed by atoms with Gasteiger partial charge in [-0.15, -0.1) is 0 Å². The van der Waals surface area contributed by atoms with E-state index in [4.69, 9.17) is 32.6 Å². The molecule has 0 spiro atoms. The van der Waals surface area contributed by atoms with E-state index in [2.05, 4.69) is 31.7 Å². The summed E-state index contributed by atoms with van der Waals surface area (Å²) >= 11 is 0. The molecule has 14 N–H and O–H groups in total. The van der Waals surface area contributed by atoms with Gasteiger partial charge >= 0.3 is 0 Å². The van der Waals surface area contributed by atoms with Crippen LogP contribution in [0.15, 0.2) is 41.5 Å². The van der Waals surface area contributed by atoms with Crippen LogP contribution < -0.4 is 64.6 Å². The highest BCUT2D eigenvalue weighted by Crippen LogP contribution is 2.40. The van der Waals surface area contributed by atoms with Crippen LogP contribution in [0.1, 0.15) is 23.6 Å². The lowest BCUT2D eigenvalue weighted by molar-refractivity contribution is -0.140. The number of ketones is 1. The maximum atomic E-state index is 13.9. The van der Waals surface area contributed by atoms with Gasteiger partial charge in [0.05, 0.1) is 19.6 Å². The maximum Gasteiger partial charge on any atom is 0.247 e. The van der Waals surface area contributed by atoms with Crippen LogP contribution in [0.25, 0.3) is 11.1 Å². The van der Waals surface area contributed by atoms with Crippen LogP contribution in [0.2, 0.25) is 0 Å². The number of amidine groups is 1. The third kappa shape index (κ3) is 11.9. The molecule has 1 aliphatic heterocycles. The summed E-state index contributed by atoms with van der Waals surface area (Å²) < 4.78 is 12.0. The Bertz CT molecular complexity index is 1670. The number of ether oxygens (including phenoxy) is 2. The molecule has 2 aromatic carbocycles. The van der Waals surface area contributed by atoms with Crippen molar-refractivity contribution in [1.29, 1.82) is 0 Å². The molecule has 2 aromatic rings. The van der Waals surface area contributed by atoms with Gasteiger partial charge in [-0.25, -0.2) is 5.84 Å². The zero-order chi connectivity index (χ0) is 38.9. The quantitative estimate of drug-likeness (QED) is 0.0338. The van der Waals surface area contributed by atoms with Crippen molar-refractivity contribution in [3.8, 4) is 22.6 Å². The number of nitrogens with one attached hydrogen (secondary N) is 6. The minimum absolute atomic E-state index is 0.0601. The lowest BCUT2D eigenvalue weighted by Crippen LogP contribution is -2.53. The first-order valence-corrected chi connectivity index (χ1v) is 16.7. The van der Waals surface area contributed by atoms with Gasteiger partial charge in [0.1, 0.15) is 36.8 Å². The molecule has 0 saturated heterocycles. The number of carbonyl (C=O) groups is 6. The third-order valence-corrected chi connectivity index (χ3v) is 7.94. The topological polar surface area (TPSA) is 313 Å². The number of nitrogens with zero attached hydrogens (tertiary/aromatic N) is 2. The van der Waals surface area contributed by atoms with E-state index in [9.17, 15) is 28.8 Å². The fraction of sp³-hybridized carbons (Fsp3) is 0.424. The van der Waals surface area contributed by atoms with Crippen molar-refractivity contribution in [1.82, 2.24) is 36.9 Å². The van der Waals surface area contributed by atoms with Gasteiger partial charge < -0.3 is 63.7 Å². The Morgan fingerprint density at radius 1 is 0.962 bits per heavy atom. The number of rotatable bonds is 16. The first-order valence-electron chi connectivity index (χ1n) is 16.7. The summed E-state index contributed by atoms with van der Waals surface area (Å²) in [4.78, 5) is 79.7. The summed E-state index contributed by atoms with van der Waals surface area (Å²) in [5.41, 5.74) is 15.4. The monoisotopic (exact) mass is 740 g/mol. The number of nitrogens with two attached hydrogens (primary N) is 4. The first-order chi connectivity index (χ1) is 25.5. The molecule has 2 atom stereocenters. The van der Waals surface area contributed by atoms with E-state index in [1.807, 2.05) is 5.43 Å². The van der Waals surface area contributed by atoms with Crippen LogP contribution in [0.4, 0.5) is 0 Å². The molecule has 0 fully saturated rings. The molecule has 288 valence electrons. The number of likely N-dealkylation sites (N-methyl/N-ethyl adjacent to an activating group) is 1. The zero-order valence-corrected chi connectivity index (χ0v) is 29.7. The van der Waals surface area contributed by atoms with Gasteiger partial charge in [0.2, 0.25) is 41.2 Å². The number of benzene rings is 2. The number of hydrogen-bond acceptors (Lipinski definition) is 14. The van der Waals surface area contributed by atoms with Crippen molar-refractivity contribution in [2.45, 2.75) is 24.9 Å². The molecule has 2 unspecified atom stereocenters. The van der Waals surface area contributed by atoms with Crippen LogP contribution in [-0.4, -0.2) is 119 Å². The number of fused-ring (bicyclic) bond motifs is 5. The van der Waals surface area contributed by atoms with Crippen molar-refractivity contribution in [2.24, 2.45) is 28.3 Å². The summed E-state index contributed by atoms with van der Waals surface area (Å²) in [7, 11) is 3.09. The molecule has 5 amide bonds. The number of hydrazine groups is 1. The summed E-state index contributed by atoms with van der Waals surface area (Å²) in [6, 6.07) is 7.43. The second-order valence-electron chi connectivity index (χ2n) is 11.7. The van der Waals surface area contributed by atoms with Crippen molar-refractivity contribution in [3.05, 3.63) is 47.5 Å². The van der Waals surface area contributed by atoms with Gasteiger partial charge in [0.15, 0.2) is 0 Å². The van der Waals surface area contributed by atoms with Crippen molar-refractivity contribution in [2.75, 3.05) is 66.6 Å². The van der Waals surface area contributed by atoms with Gasteiger partial charge in [-0.1, -0.05) is 12.1 Å². The van der Waals surface area contributed by atoms with Gasteiger partial charge in [-0.2, -0.15) is 5.10 Å². The Kier molecular flexibility index (Phi) is 16.4. The van der Waals surface area contributed by atoms with E-state index in [0.29, 0.717) is 40.3 Å². The van der Waals surface area contributed by atoms with Crippen molar-refractivity contribution < 1.29 is 38.2 Å². The van der Waals surface area contributed by atoms with Crippen molar-refractivity contribution in [3.63, 3.8) is 0 Å². The summed E-state index contributed by atoms with van der Waals surface area (Å²) in [5.74, 6) is 6.88. The molecule has 1 heterocycles. The summed E-state index contributed by atoms with van der Waals surface area (Å²) in [5, 5.41) is 16.2. The smallest absolute Gasteiger partial charge is 0.247 e. The lowest BCUT2D eigenvalue weighted by Gasteiger charge is -2.29. The SMILES string of the molecule is CNCCC(=O)NCC(=O)N(C)C1C(=O)NCC(=O)NC(C(=O)NCC(=O)C(=NN)NN)Cc2ccc(OCCN)c(c2)-c2cc1ccc2OCCN. The lowest BCUT2D eigenvalue weighted by atomic mass is 9.93. The molecule has 0 aromatic heterocycles. The maximum absolute atomic E-state index is 13.9. The Morgan fingerprint density at radius 2 is 1.62 bits per heavy atom. The van der Waals surface area contributed by atoms with Gasteiger partial charge in [-0.3, -0.25) is 28.8 Å². The molecular formula is C33H48N12O8. The molecule has 4 bridgehead atoms. The average Bonchev–Trinajstić information content (AvgIpc) is 3.16. The van der Waals surface area contributed by atoms with Crippen LogP contribution in [0.3, 0.4) is 0 Å². The third-order valence-electron chi connectivity index (χ3n) is 7.94. The zero-order valence-electron chi connectivity index (χ0n) is 29.7. The van der Waals surface area contributed by atoms with E-state index < -0.39 is 61.1 Å². The Hall–Kier alpha value is -5.83. The van der Waals surface area contributed by atoms with Crippen LogP contribution in [-0.2, 0) is 35.2 Å². The normalized spacial score (nSPS) is 15.9. The standard InChI is InChI=1S/C33H48N12O8/c1-38-10-7-27(47)39-18-29(49)45(2)30-20-4-6-26(53-12-9-35)22(15-20)21-13-19(3-5-25(21)52-11-8-34)14-23(42-28(48)17-41-33(30)51)32(50)40-16-24(46)31(43-36)44-37/h3-6,13,15,23,30,38H,7-12,14,16-18,34-37H2,1-2H3,(H,39,47)(H,40,50)(H,41,51)(H,42,48)(H,43,44). The predicted molar refractivity (Wildman–Crippen MR) is 194 cm³/mol. The minimum atomic E-state index is -1.30. The Morgan fingerprint density at radius 3 is 2.25 bits per heavy atom. The Balaban J connectivity index is 2.14. The molecule has 20 nitrogen and oxygen atoms in total. The average molecular weight is 741 g/mol. The number of Topliss-reactive ketones (excluding diaryl/α,β-unsaturated/α-hetero) is 1. The van der Waals surface area contributed by atoms with Crippen LogP contribution in [0.5, 0.6) is 11.5 Å². The highest BCUT2D eigenvalue weighted by atomic mass is 16.5. The molecule has 20 heteroatoms. The second kappa shape index (κ2) is 20.9. The summed E-state index contributed by atoms with van der Waals surface area (Å²) in [6.45, 7) is -0.445. The highest BCUT2D eigenvalue weighted by molar-refractivity contribution is 6.39. The van der Waals surface area contributed by atoms with Crippen LogP contribution >= 0.6 is 0 Å². The molecule has 0 saturated carbocycles. The first kappa shape index (κ1) is 41.6. The second-order valence-corrected chi connectivity index (χ2v) is 11.7. The fourth-order valence-electron chi connectivity index (χ4n) is 5.27. The van der Waals surface area contributed by atoms with Gasteiger partial charge in [0, 0.05) is 50.7 Å². The molecule has 0 radical (unpaired) electrons. The summed E-state index contributed by atoms with van der Waals surface area (Å²) in [6.07, 6.45) is 0.0758. The molecule has 1 aliphatic rings. The molecular weight excluding hydrogens is 692 g/mol. The highest BCUT2D eigenvalue weighted by Gasteiger charge is 2.32. The van der Waals surface area contributed by atoms with Gasteiger partial charge in [-0.05, 0) is 42.4 Å². The van der Waals surface area contributed by atoms with E-state index in [-0.39, 0.29) is 50.9 Å². The van der Waals surface area contributed by atoms with E-state index in [1.54, 1.807) is 43.4 Å². The van der Waals surface area contributed by atoms with Crippen LogP contribution in [0, 0.1) is 0 Å². The van der Waals surface area contributed by atoms with E-state index in [0.717, 1.165) is 4.90 Å². The fourth-order valence-corrected chi connectivity index (χ4v) is 5.27. The predicted octanol–water partition coefficient (Wildman–Crippen LogP) is -4.17. The molecule has 3 rings (SSSR count). The number of amides is 5.